The molecule has 1 saturated heterocycles. The first kappa shape index (κ1) is 13.4. The van der Waals surface area contributed by atoms with Crippen LogP contribution in [-0.4, -0.2) is 48.5 Å². The molecule has 0 saturated carbocycles. The van der Waals surface area contributed by atoms with Gasteiger partial charge in [0.15, 0.2) is 0 Å². The third-order valence-corrected chi connectivity index (χ3v) is 3.62. The molecule has 0 bridgehead atoms. The summed E-state index contributed by atoms with van der Waals surface area (Å²) in [6, 6.07) is 9.47. The Morgan fingerprint density at radius 3 is 2.53 bits per heavy atom. The van der Waals surface area contributed by atoms with Crippen LogP contribution in [0.4, 0.5) is 4.79 Å². The Morgan fingerprint density at radius 1 is 1.32 bits per heavy atom. The van der Waals surface area contributed by atoms with E-state index in [0.29, 0.717) is 0 Å². The van der Waals surface area contributed by atoms with E-state index in [0.717, 1.165) is 5.56 Å². The number of rotatable bonds is 3. The van der Waals surface area contributed by atoms with Crippen molar-refractivity contribution in [1.82, 2.24) is 9.80 Å². The number of urea groups is 1. The fourth-order valence-electron chi connectivity index (χ4n) is 2.45. The lowest BCUT2D eigenvalue weighted by atomic mass is 10.0. The number of hydrogen-bond acceptors (Lipinski definition) is 3. The number of likely N-dealkylation sites (N-methyl/N-ethyl adjacent to an activating group) is 1. The van der Waals surface area contributed by atoms with Gasteiger partial charge in [-0.25, -0.2) is 4.79 Å². The van der Waals surface area contributed by atoms with E-state index in [9.17, 15) is 9.59 Å². The fourth-order valence-corrected chi connectivity index (χ4v) is 2.45. The Labute approximate surface area is 112 Å². The van der Waals surface area contributed by atoms with Crippen molar-refractivity contribution in [3.63, 3.8) is 0 Å². The van der Waals surface area contributed by atoms with Gasteiger partial charge in [-0.2, -0.15) is 0 Å². The molecule has 0 N–H and O–H groups in total. The van der Waals surface area contributed by atoms with Gasteiger partial charge in [-0.3, -0.25) is 4.79 Å². The summed E-state index contributed by atoms with van der Waals surface area (Å²) in [6.07, 6.45) is 0. The van der Waals surface area contributed by atoms with E-state index >= 15 is 0 Å². The summed E-state index contributed by atoms with van der Waals surface area (Å²) in [4.78, 5) is 26.9. The number of nitrogens with zero attached hydrogens (tertiary/aromatic N) is 2. The maximum absolute atomic E-state index is 12.2. The molecule has 1 fully saturated rings. The Morgan fingerprint density at radius 2 is 1.95 bits per heavy atom. The van der Waals surface area contributed by atoms with Gasteiger partial charge in [0.05, 0.1) is 19.2 Å². The van der Waals surface area contributed by atoms with E-state index < -0.39 is 5.97 Å². The lowest BCUT2D eigenvalue weighted by Crippen LogP contribution is -2.35. The first-order chi connectivity index (χ1) is 9.06. The molecule has 2 atom stereocenters. The second kappa shape index (κ2) is 5.30. The predicted octanol–water partition coefficient (Wildman–Crippen LogP) is 1.66. The number of benzene rings is 1. The van der Waals surface area contributed by atoms with Crippen LogP contribution in [0.15, 0.2) is 30.3 Å². The van der Waals surface area contributed by atoms with Crippen molar-refractivity contribution in [3.05, 3.63) is 35.9 Å². The van der Waals surface area contributed by atoms with Gasteiger partial charge < -0.3 is 14.5 Å². The summed E-state index contributed by atoms with van der Waals surface area (Å²) in [5.74, 6) is -0.406. The molecule has 5 nitrogen and oxygen atoms in total. The number of esters is 1. The van der Waals surface area contributed by atoms with Gasteiger partial charge in [0.25, 0.3) is 0 Å². The molecule has 1 aromatic rings. The first-order valence-corrected chi connectivity index (χ1v) is 6.21. The first-order valence-electron chi connectivity index (χ1n) is 6.21. The molecule has 0 radical (unpaired) electrons. The van der Waals surface area contributed by atoms with Crippen LogP contribution in [0.5, 0.6) is 0 Å². The summed E-state index contributed by atoms with van der Waals surface area (Å²) < 4.78 is 4.66. The van der Waals surface area contributed by atoms with Gasteiger partial charge in [-0.15, -0.1) is 0 Å². The van der Waals surface area contributed by atoms with Crippen molar-refractivity contribution >= 4 is 12.0 Å². The van der Waals surface area contributed by atoms with E-state index in [1.54, 1.807) is 16.8 Å². The number of hydrogen-bond donors (Lipinski definition) is 0. The summed E-state index contributed by atoms with van der Waals surface area (Å²) in [7, 11) is 3.08. The maximum atomic E-state index is 12.2. The zero-order valence-corrected chi connectivity index (χ0v) is 11.4. The van der Waals surface area contributed by atoms with Crippen molar-refractivity contribution in [2.24, 2.45) is 0 Å². The van der Waals surface area contributed by atoms with Gasteiger partial charge in [0, 0.05) is 7.05 Å². The zero-order chi connectivity index (χ0) is 14.0. The summed E-state index contributed by atoms with van der Waals surface area (Å²) in [6.45, 7) is 1.95. The van der Waals surface area contributed by atoms with Crippen LogP contribution in [0.3, 0.4) is 0 Å². The zero-order valence-electron chi connectivity index (χ0n) is 11.4. The lowest BCUT2D eigenvalue weighted by molar-refractivity contribution is -0.141. The van der Waals surface area contributed by atoms with Crippen LogP contribution in [0.2, 0.25) is 0 Å². The molecule has 0 unspecified atom stereocenters. The van der Waals surface area contributed by atoms with E-state index in [1.165, 1.54) is 7.11 Å². The molecule has 19 heavy (non-hydrogen) atoms. The lowest BCUT2D eigenvalue weighted by Gasteiger charge is -2.24. The van der Waals surface area contributed by atoms with Crippen LogP contribution < -0.4 is 0 Å². The Balaban J connectivity index is 2.32. The quantitative estimate of drug-likeness (QED) is 0.778. The smallest absolute Gasteiger partial charge is 0.325 e. The highest BCUT2D eigenvalue weighted by atomic mass is 16.5. The maximum Gasteiger partial charge on any atom is 0.325 e. The minimum absolute atomic E-state index is 0.0135. The molecule has 0 spiro atoms. The standard InChI is InChI=1S/C14H18N2O3/c1-10-13(11-7-5-4-6-8-11)16(9-12(17)19-3)14(18)15(10)2/h4-8,10,13H,9H2,1-3H3/t10-,13-/m0/s1. The molecule has 2 amide bonds. The summed E-state index contributed by atoms with van der Waals surface area (Å²) in [5, 5.41) is 0. The summed E-state index contributed by atoms with van der Waals surface area (Å²) in [5.41, 5.74) is 1.02. The molecular weight excluding hydrogens is 244 g/mol. The topological polar surface area (TPSA) is 49.9 Å². The number of amides is 2. The van der Waals surface area contributed by atoms with Crippen LogP contribution >= 0.6 is 0 Å². The van der Waals surface area contributed by atoms with Crippen molar-refractivity contribution in [3.8, 4) is 0 Å². The minimum atomic E-state index is -0.406. The third kappa shape index (κ3) is 2.41. The second-order valence-electron chi connectivity index (χ2n) is 4.69. The van der Waals surface area contributed by atoms with E-state index in [-0.39, 0.29) is 24.7 Å². The number of ether oxygens (including phenoxy) is 1. The average molecular weight is 262 g/mol. The van der Waals surface area contributed by atoms with E-state index in [2.05, 4.69) is 4.74 Å². The summed E-state index contributed by atoms with van der Waals surface area (Å²) >= 11 is 0. The molecule has 1 aliphatic rings. The van der Waals surface area contributed by atoms with Crippen molar-refractivity contribution in [2.75, 3.05) is 20.7 Å². The normalized spacial score (nSPS) is 22.8. The van der Waals surface area contributed by atoms with Crippen LogP contribution in [0, 0.1) is 0 Å². The highest BCUT2D eigenvalue weighted by molar-refractivity contribution is 5.83. The molecular formula is C14H18N2O3. The largest absolute Gasteiger partial charge is 0.468 e. The number of carbonyl (C=O) groups excluding carboxylic acids is 2. The van der Waals surface area contributed by atoms with Gasteiger partial charge >= 0.3 is 12.0 Å². The molecule has 1 aromatic carbocycles. The van der Waals surface area contributed by atoms with Crippen LogP contribution in [-0.2, 0) is 9.53 Å². The number of carbonyl (C=O) groups is 2. The van der Waals surface area contributed by atoms with E-state index in [4.69, 9.17) is 0 Å². The molecule has 102 valence electrons. The van der Waals surface area contributed by atoms with Gasteiger partial charge in [-0.1, -0.05) is 30.3 Å². The third-order valence-electron chi connectivity index (χ3n) is 3.62. The number of methoxy groups -OCH3 is 1. The molecule has 1 heterocycles. The Hall–Kier alpha value is -2.04. The van der Waals surface area contributed by atoms with E-state index in [1.807, 2.05) is 37.3 Å². The van der Waals surface area contributed by atoms with Gasteiger partial charge in [0.2, 0.25) is 0 Å². The van der Waals surface area contributed by atoms with Crippen LogP contribution in [0.1, 0.15) is 18.5 Å². The van der Waals surface area contributed by atoms with Crippen LogP contribution in [0.25, 0.3) is 0 Å². The van der Waals surface area contributed by atoms with Gasteiger partial charge in [-0.05, 0) is 12.5 Å². The molecule has 1 aliphatic heterocycles. The van der Waals surface area contributed by atoms with Crippen molar-refractivity contribution < 1.29 is 14.3 Å². The molecule has 0 aliphatic carbocycles. The highest BCUT2D eigenvalue weighted by Gasteiger charge is 2.42. The second-order valence-corrected chi connectivity index (χ2v) is 4.69. The minimum Gasteiger partial charge on any atom is -0.468 e. The fraction of sp³-hybridized carbons (Fsp3) is 0.429. The molecule has 5 heteroatoms. The monoisotopic (exact) mass is 262 g/mol. The highest BCUT2D eigenvalue weighted by Crippen LogP contribution is 2.33. The molecule has 0 aromatic heterocycles. The molecule has 2 rings (SSSR count). The predicted molar refractivity (Wildman–Crippen MR) is 70.5 cm³/mol. The van der Waals surface area contributed by atoms with Crippen molar-refractivity contribution in [2.45, 2.75) is 19.0 Å². The Bertz CT molecular complexity index is 475. The SMILES string of the molecule is COC(=O)CN1C(=O)N(C)[C@@H](C)[C@H]1c1ccccc1. The van der Waals surface area contributed by atoms with Gasteiger partial charge in [0.1, 0.15) is 6.54 Å². The van der Waals surface area contributed by atoms with Crippen molar-refractivity contribution in [1.29, 1.82) is 0 Å². The average Bonchev–Trinajstić information content (AvgIpc) is 2.64. The Kier molecular flexibility index (Phi) is 3.74.